The van der Waals surface area contributed by atoms with Gasteiger partial charge >= 0.3 is 0 Å². The number of fused-ring (bicyclic) bond motifs is 4. The number of rotatable bonds is 4. The van der Waals surface area contributed by atoms with Crippen LogP contribution in [-0.4, -0.2) is 109 Å². The number of aromatic nitrogens is 1. The first kappa shape index (κ1) is 22.1. The van der Waals surface area contributed by atoms with Crippen molar-refractivity contribution in [1.29, 1.82) is 0 Å². The van der Waals surface area contributed by atoms with Crippen LogP contribution >= 0.6 is 0 Å². The molecule has 3 aliphatic heterocycles. The minimum absolute atomic E-state index is 0.00551. The van der Waals surface area contributed by atoms with E-state index >= 15 is 0 Å². The Morgan fingerprint density at radius 1 is 1.27 bits per heavy atom. The Hall–Kier alpha value is -2.72. The number of hydrogen-bond acceptors (Lipinski definition) is 7. The minimum Gasteiger partial charge on any atom is -0.475 e. The number of carbonyl (C=O) groups is 3. The van der Waals surface area contributed by atoms with Crippen molar-refractivity contribution in [2.75, 3.05) is 53.0 Å². The lowest BCUT2D eigenvalue weighted by molar-refractivity contribution is -0.148. The summed E-state index contributed by atoms with van der Waals surface area (Å²) in [4.78, 5) is 49.3. The van der Waals surface area contributed by atoms with E-state index in [1.54, 1.807) is 23.2 Å². The summed E-state index contributed by atoms with van der Waals surface area (Å²) in [5.41, 5.74) is 0.385. The number of hydrogen-bond donors (Lipinski definition) is 1. The molecule has 0 radical (unpaired) electrons. The lowest BCUT2D eigenvalue weighted by Crippen LogP contribution is -2.61. The highest BCUT2D eigenvalue weighted by Crippen LogP contribution is 2.33. The summed E-state index contributed by atoms with van der Waals surface area (Å²) in [6.45, 7) is 2.97. The van der Waals surface area contributed by atoms with E-state index in [-0.39, 0.29) is 54.9 Å². The number of amides is 3. The predicted octanol–water partition coefficient (Wildman–Crippen LogP) is -0.257. The molecule has 10 nitrogen and oxygen atoms in total. The third-order valence-electron chi connectivity index (χ3n) is 7.03. The van der Waals surface area contributed by atoms with Gasteiger partial charge in [0, 0.05) is 52.1 Å². The summed E-state index contributed by atoms with van der Waals surface area (Å²) in [6.07, 6.45) is 4.57. The fourth-order valence-electron chi connectivity index (χ4n) is 5.14. The second-order valence-corrected chi connectivity index (χ2v) is 9.44. The SMILES string of the molecule is COCC(=O)N1CCN2C(=O)[C@@H]3C[C@@H](CN3CC3CC3)NC(=O)c3cccnc3OC[C@@H]2C1. The molecule has 3 amide bonds. The van der Waals surface area contributed by atoms with Crippen molar-refractivity contribution in [2.45, 2.75) is 37.4 Å². The van der Waals surface area contributed by atoms with Gasteiger partial charge in [0.25, 0.3) is 5.91 Å². The van der Waals surface area contributed by atoms with Crippen molar-refractivity contribution < 1.29 is 23.9 Å². The maximum absolute atomic E-state index is 13.8. The van der Waals surface area contributed by atoms with Gasteiger partial charge in [0.05, 0.1) is 12.1 Å². The number of methoxy groups -OCH3 is 1. The first-order valence-electron chi connectivity index (χ1n) is 11.7. The van der Waals surface area contributed by atoms with Crippen molar-refractivity contribution in [1.82, 2.24) is 25.0 Å². The van der Waals surface area contributed by atoms with Crippen LogP contribution in [0.4, 0.5) is 0 Å². The van der Waals surface area contributed by atoms with Gasteiger partial charge in [-0.2, -0.15) is 0 Å². The van der Waals surface area contributed by atoms with Gasteiger partial charge in [-0.05, 0) is 37.3 Å². The molecule has 0 aromatic carbocycles. The molecule has 1 aromatic heterocycles. The number of ether oxygens (including phenoxy) is 2. The third-order valence-corrected chi connectivity index (χ3v) is 7.03. The third kappa shape index (κ3) is 4.67. The zero-order chi connectivity index (χ0) is 22.9. The van der Waals surface area contributed by atoms with Crippen LogP contribution in [0.15, 0.2) is 18.3 Å². The first-order chi connectivity index (χ1) is 16.0. The van der Waals surface area contributed by atoms with Gasteiger partial charge in [-0.1, -0.05) is 0 Å². The summed E-state index contributed by atoms with van der Waals surface area (Å²) < 4.78 is 11.0. The number of nitrogens with one attached hydrogen (secondary N) is 1. The van der Waals surface area contributed by atoms with Crippen molar-refractivity contribution in [2.24, 2.45) is 5.92 Å². The van der Waals surface area contributed by atoms with Crippen LogP contribution in [0.5, 0.6) is 5.88 Å². The second-order valence-electron chi connectivity index (χ2n) is 9.44. The summed E-state index contributed by atoms with van der Waals surface area (Å²) in [5, 5.41) is 3.10. The van der Waals surface area contributed by atoms with E-state index in [4.69, 9.17) is 9.47 Å². The lowest BCUT2D eigenvalue weighted by atomic mass is 10.1. The van der Waals surface area contributed by atoms with E-state index in [0.29, 0.717) is 44.1 Å². The molecule has 1 aromatic rings. The number of pyridine rings is 1. The molecule has 1 saturated carbocycles. The number of nitrogens with zero attached hydrogens (tertiary/aromatic N) is 4. The maximum atomic E-state index is 13.8. The van der Waals surface area contributed by atoms with Crippen molar-refractivity contribution in [3.05, 3.63) is 23.9 Å². The van der Waals surface area contributed by atoms with Crippen molar-refractivity contribution in [3.8, 4) is 5.88 Å². The predicted molar refractivity (Wildman–Crippen MR) is 118 cm³/mol. The smallest absolute Gasteiger partial charge is 0.257 e. The number of likely N-dealkylation sites (tertiary alicyclic amines) is 1. The van der Waals surface area contributed by atoms with Crippen LogP contribution in [0.2, 0.25) is 0 Å². The van der Waals surface area contributed by atoms with Gasteiger partial charge in [0.2, 0.25) is 17.7 Å². The highest BCUT2D eigenvalue weighted by Gasteiger charge is 2.44. The second kappa shape index (κ2) is 9.26. The highest BCUT2D eigenvalue weighted by molar-refractivity contribution is 5.96. The molecule has 4 heterocycles. The Bertz CT molecular complexity index is 922. The molecule has 1 aliphatic carbocycles. The molecule has 3 fully saturated rings. The molecule has 0 unspecified atom stereocenters. The molecular weight excluding hydrogens is 426 g/mol. The Kier molecular flexibility index (Phi) is 6.20. The van der Waals surface area contributed by atoms with Crippen LogP contribution in [0, 0.1) is 5.92 Å². The summed E-state index contributed by atoms with van der Waals surface area (Å²) in [5.74, 6) is 0.595. The molecule has 1 N–H and O–H groups in total. The van der Waals surface area contributed by atoms with Gasteiger partial charge in [0.1, 0.15) is 18.8 Å². The van der Waals surface area contributed by atoms with E-state index in [9.17, 15) is 14.4 Å². The van der Waals surface area contributed by atoms with Crippen LogP contribution in [-0.2, 0) is 14.3 Å². The molecule has 10 heteroatoms. The average Bonchev–Trinajstić information content (AvgIpc) is 3.55. The van der Waals surface area contributed by atoms with Crippen LogP contribution < -0.4 is 10.1 Å². The van der Waals surface area contributed by atoms with E-state index < -0.39 is 0 Å². The molecule has 3 atom stereocenters. The van der Waals surface area contributed by atoms with Crippen LogP contribution in [0.3, 0.4) is 0 Å². The monoisotopic (exact) mass is 457 g/mol. The van der Waals surface area contributed by atoms with E-state index in [1.807, 2.05) is 4.90 Å². The van der Waals surface area contributed by atoms with E-state index in [1.165, 1.54) is 20.0 Å². The summed E-state index contributed by atoms with van der Waals surface area (Å²) in [7, 11) is 1.50. The average molecular weight is 458 g/mol. The fraction of sp³-hybridized carbons (Fsp3) is 0.652. The van der Waals surface area contributed by atoms with Crippen molar-refractivity contribution in [3.63, 3.8) is 0 Å². The molecule has 5 rings (SSSR count). The lowest BCUT2D eigenvalue weighted by Gasteiger charge is -2.43. The van der Waals surface area contributed by atoms with Gasteiger partial charge in [0.15, 0.2) is 0 Å². The molecule has 178 valence electrons. The topological polar surface area (TPSA) is 104 Å². The zero-order valence-corrected chi connectivity index (χ0v) is 18.9. The van der Waals surface area contributed by atoms with Crippen LogP contribution in [0.25, 0.3) is 0 Å². The number of piperazine rings is 1. The highest BCUT2D eigenvalue weighted by atomic mass is 16.5. The minimum atomic E-state index is -0.328. The van der Waals surface area contributed by atoms with Gasteiger partial charge < -0.3 is 24.6 Å². The zero-order valence-electron chi connectivity index (χ0n) is 18.9. The Morgan fingerprint density at radius 2 is 2.12 bits per heavy atom. The Balaban J connectivity index is 1.44. The Morgan fingerprint density at radius 3 is 2.91 bits per heavy atom. The fourth-order valence-corrected chi connectivity index (χ4v) is 5.14. The molecule has 0 spiro atoms. The summed E-state index contributed by atoms with van der Waals surface area (Å²) >= 11 is 0. The largest absolute Gasteiger partial charge is 0.475 e. The van der Waals surface area contributed by atoms with Gasteiger partial charge in [-0.3, -0.25) is 19.3 Å². The van der Waals surface area contributed by atoms with E-state index in [0.717, 1.165) is 6.54 Å². The summed E-state index contributed by atoms with van der Waals surface area (Å²) in [6, 6.07) is 2.71. The standard InChI is InChI=1S/C23H31N5O5/c1-32-14-20(29)26-7-8-28-17(12-26)13-33-22-18(3-2-6-24-22)21(30)25-16-9-19(23(28)31)27(11-16)10-15-4-5-15/h2-3,6,15-17,19H,4-5,7-14H2,1H3,(H,25,30)/t16-,17-,19-/m0/s1. The van der Waals surface area contributed by atoms with Crippen LogP contribution in [0.1, 0.15) is 29.6 Å². The molecule has 2 bridgehead atoms. The molecule has 33 heavy (non-hydrogen) atoms. The van der Waals surface area contributed by atoms with Gasteiger partial charge in [-0.15, -0.1) is 0 Å². The van der Waals surface area contributed by atoms with Gasteiger partial charge in [-0.25, -0.2) is 4.98 Å². The first-order valence-corrected chi connectivity index (χ1v) is 11.7. The maximum Gasteiger partial charge on any atom is 0.257 e. The van der Waals surface area contributed by atoms with E-state index in [2.05, 4.69) is 15.2 Å². The molecule has 2 saturated heterocycles. The normalized spacial score (nSPS) is 28.2. The molecular formula is C23H31N5O5. The molecule has 4 aliphatic rings. The number of carbonyl (C=O) groups excluding carboxylic acids is 3. The quantitative estimate of drug-likeness (QED) is 0.665. The Labute approximate surface area is 193 Å². The van der Waals surface area contributed by atoms with Crippen molar-refractivity contribution >= 4 is 17.7 Å².